The Kier molecular flexibility index (Phi) is 4.68. The van der Waals surface area contributed by atoms with Crippen LogP contribution in [-0.2, 0) is 15.0 Å². The molecule has 1 heteroatoms. The van der Waals surface area contributed by atoms with Gasteiger partial charge in [-0.05, 0) is 0 Å². The summed E-state index contributed by atoms with van der Waals surface area (Å²) in [6.45, 7) is 2.12. The van der Waals surface area contributed by atoms with E-state index < -0.39 is 0 Å². The van der Waals surface area contributed by atoms with Crippen molar-refractivity contribution < 1.29 is 15.0 Å². The van der Waals surface area contributed by atoms with Gasteiger partial charge in [-0.15, -0.1) is 0 Å². The molecule has 0 atom stereocenters. The monoisotopic (exact) mass is 114 g/mol. The summed E-state index contributed by atoms with van der Waals surface area (Å²) < 4.78 is 0. The Morgan fingerprint density at radius 1 is 1.80 bits per heavy atom. The van der Waals surface area contributed by atoms with Gasteiger partial charge in [0.2, 0.25) is 0 Å². The zero-order chi connectivity index (χ0) is 4.12. The van der Waals surface area contributed by atoms with Crippen LogP contribution in [0.1, 0.15) is 19.8 Å². The molecule has 0 radical (unpaired) electrons. The molecule has 0 heterocycles. The van der Waals surface area contributed by atoms with Crippen LogP contribution in [0.15, 0.2) is 0 Å². The molecule has 0 amide bonds. The molecular formula is C4H8Ni. The molecule has 0 saturated carbocycles. The molecule has 0 rings (SSSR count). The van der Waals surface area contributed by atoms with Gasteiger partial charge in [0.1, 0.15) is 0 Å². The first-order valence-corrected chi connectivity index (χ1v) is 2.37. The number of hydrogen-bond donors (Lipinski definition) is 0. The molecule has 5 heavy (non-hydrogen) atoms. The van der Waals surface area contributed by atoms with Crippen molar-refractivity contribution >= 4 is 4.99 Å². The standard InChI is InChI=1S/C4H8.Ni/c1-3-4-2;/h1H,3-4H2,2H3;. The fourth-order valence-electron chi connectivity index (χ4n) is 0.0913. The predicted molar refractivity (Wildman–Crippen MR) is 21.0 cm³/mol. The van der Waals surface area contributed by atoms with Gasteiger partial charge in [-0.2, -0.15) is 0 Å². The molecule has 34 valence electrons. The molecular weight excluding hydrogens is 107 g/mol. The van der Waals surface area contributed by atoms with Crippen molar-refractivity contribution in [3.05, 3.63) is 0 Å². The van der Waals surface area contributed by atoms with Gasteiger partial charge >= 0.3 is 39.8 Å². The predicted octanol–water partition coefficient (Wildman–Crippen LogP) is 1.14. The summed E-state index contributed by atoms with van der Waals surface area (Å²) in [6.07, 6.45) is 2.29. The van der Waals surface area contributed by atoms with E-state index in [1.165, 1.54) is 6.42 Å². The van der Waals surface area contributed by atoms with E-state index in [1.807, 2.05) is 0 Å². The zero-order valence-corrected chi connectivity index (χ0v) is 4.30. The van der Waals surface area contributed by atoms with Crippen molar-refractivity contribution in [1.29, 1.82) is 0 Å². The van der Waals surface area contributed by atoms with Gasteiger partial charge in [0, 0.05) is 0 Å². The van der Waals surface area contributed by atoms with Gasteiger partial charge in [0.25, 0.3) is 0 Å². The van der Waals surface area contributed by atoms with Crippen LogP contribution in [0.4, 0.5) is 0 Å². The van der Waals surface area contributed by atoms with E-state index in [0.717, 1.165) is 6.42 Å². The van der Waals surface area contributed by atoms with E-state index in [9.17, 15) is 0 Å². The Balaban J connectivity index is 2.40. The average molecular weight is 115 g/mol. The molecule has 0 aliphatic heterocycles. The topological polar surface area (TPSA) is 0 Å². The third-order valence-corrected chi connectivity index (χ3v) is 0.665. The van der Waals surface area contributed by atoms with E-state index in [2.05, 4.69) is 22.0 Å². The molecule has 0 aromatic heterocycles. The fraction of sp³-hybridized carbons (Fsp3) is 0.750. The van der Waals surface area contributed by atoms with Crippen molar-refractivity contribution in [1.82, 2.24) is 0 Å². The normalized spacial score (nSPS) is 7.80. The molecule has 0 aliphatic carbocycles. The van der Waals surface area contributed by atoms with Crippen molar-refractivity contribution in [2.24, 2.45) is 0 Å². The Morgan fingerprint density at radius 2 is 2.40 bits per heavy atom. The Bertz CT molecular complexity index is 24.8. The summed E-state index contributed by atoms with van der Waals surface area (Å²) >= 11 is 4.28. The van der Waals surface area contributed by atoms with E-state index in [4.69, 9.17) is 0 Å². The van der Waals surface area contributed by atoms with Gasteiger partial charge in [0.15, 0.2) is 0 Å². The van der Waals surface area contributed by atoms with Gasteiger partial charge in [-0.3, -0.25) is 0 Å². The van der Waals surface area contributed by atoms with Crippen LogP contribution in [0, 0.1) is 0 Å². The third kappa shape index (κ3) is 4.36. The van der Waals surface area contributed by atoms with Crippen molar-refractivity contribution in [3.63, 3.8) is 0 Å². The molecule has 0 bridgehead atoms. The maximum atomic E-state index is 4.28. The SMILES string of the molecule is CCC[CH]=[Ni]. The van der Waals surface area contributed by atoms with Crippen LogP contribution in [0.3, 0.4) is 0 Å². The molecule has 0 fully saturated rings. The van der Waals surface area contributed by atoms with E-state index in [-0.39, 0.29) is 0 Å². The molecule has 0 nitrogen and oxygen atoms in total. The van der Waals surface area contributed by atoms with Gasteiger partial charge in [-0.25, -0.2) is 0 Å². The summed E-state index contributed by atoms with van der Waals surface area (Å²) in [5.74, 6) is 0. The van der Waals surface area contributed by atoms with Crippen LogP contribution in [0.25, 0.3) is 0 Å². The molecule has 0 aromatic rings. The Labute approximate surface area is 40.5 Å². The molecule has 0 aliphatic rings. The second-order valence-corrected chi connectivity index (χ2v) is 1.32. The summed E-state index contributed by atoms with van der Waals surface area (Å²) in [5, 5.41) is 0. The number of rotatable bonds is 2. The van der Waals surface area contributed by atoms with E-state index in [1.54, 1.807) is 4.99 Å². The first-order chi connectivity index (χ1) is 2.41. The van der Waals surface area contributed by atoms with Gasteiger partial charge in [-0.1, -0.05) is 0 Å². The number of unbranched alkanes of at least 4 members (excludes halogenated alkanes) is 1. The fourth-order valence-corrected chi connectivity index (χ4v) is 0.376. The Morgan fingerprint density at radius 3 is 2.40 bits per heavy atom. The second-order valence-electron chi connectivity index (χ2n) is 0.918. The first-order valence-electron chi connectivity index (χ1n) is 1.80. The minimum atomic E-state index is 1.10. The van der Waals surface area contributed by atoms with Crippen molar-refractivity contribution in [2.45, 2.75) is 19.8 Å². The van der Waals surface area contributed by atoms with E-state index >= 15 is 0 Å². The molecule has 0 spiro atoms. The van der Waals surface area contributed by atoms with Crippen LogP contribution in [0.5, 0.6) is 0 Å². The van der Waals surface area contributed by atoms with Crippen LogP contribution in [-0.4, -0.2) is 4.99 Å². The summed E-state index contributed by atoms with van der Waals surface area (Å²) in [5.41, 5.74) is 0. The van der Waals surface area contributed by atoms with Crippen molar-refractivity contribution in [2.75, 3.05) is 0 Å². The molecule has 0 aromatic carbocycles. The average Bonchev–Trinajstić information content (AvgIpc) is 1.41. The summed E-state index contributed by atoms with van der Waals surface area (Å²) in [4.78, 5) is 1.81. The molecule has 0 unspecified atom stereocenters. The van der Waals surface area contributed by atoms with E-state index in [0.29, 0.717) is 0 Å². The Hall–Kier alpha value is 0.364. The maximum absolute atomic E-state index is 4.28. The summed E-state index contributed by atoms with van der Waals surface area (Å²) in [6, 6.07) is 0. The van der Waals surface area contributed by atoms with Crippen LogP contribution in [0.2, 0.25) is 0 Å². The number of hydrogen-bond acceptors (Lipinski definition) is 0. The van der Waals surface area contributed by atoms with Gasteiger partial charge < -0.3 is 0 Å². The molecule has 0 saturated heterocycles. The quantitative estimate of drug-likeness (QED) is 0.473. The molecule has 0 N–H and O–H groups in total. The third-order valence-electron chi connectivity index (χ3n) is 0.380. The van der Waals surface area contributed by atoms with Gasteiger partial charge in [0.05, 0.1) is 0 Å². The van der Waals surface area contributed by atoms with Crippen LogP contribution < -0.4 is 0 Å². The second kappa shape index (κ2) is 4.36. The minimum absolute atomic E-state index is 1.10. The van der Waals surface area contributed by atoms with Crippen LogP contribution >= 0.6 is 0 Å². The zero-order valence-electron chi connectivity index (χ0n) is 3.31. The summed E-state index contributed by atoms with van der Waals surface area (Å²) in [7, 11) is 0. The first kappa shape index (κ1) is 5.36. The van der Waals surface area contributed by atoms with Crippen molar-refractivity contribution in [3.8, 4) is 0 Å².